The molecule has 0 unspecified atom stereocenters. The molecule has 14 heteroatoms. The number of hydrogen-bond acceptors (Lipinski definition) is 11. The van der Waals surface area contributed by atoms with Crippen LogP contribution in [-0.4, -0.2) is 47.1 Å². The van der Waals surface area contributed by atoms with Gasteiger partial charge in [0, 0.05) is 37.1 Å². The number of rotatable bonds is 11. The second-order valence-electron chi connectivity index (χ2n) is 6.93. The number of nitrogens with zero attached hydrogens (tertiary/aromatic N) is 4. The van der Waals surface area contributed by atoms with Gasteiger partial charge >= 0.3 is 0 Å². The first kappa shape index (κ1) is 26.9. The molecule has 0 amide bonds. The van der Waals surface area contributed by atoms with E-state index in [9.17, 15) is 14.4 Å². The van der Waals surface area contributed by atoms with Crippen molar-refractivity contribution in [3.05, 3.63) is 58.4 Å². The van der Waals surface area contributed by atoms with Gasteiger partial charge in [-0.05, 0) is 31.2 Å². The minimum Gasteiger partial charge on any atom is -0.479 e. The van der Waals surface area contributed by atoms with Gasteiger partial charge < -0.3 is 20.1 Å². The third-order valence-electron chi connectivity index (χ3n) is 4.65. The molecule has 36 heavy (non-hydrogen) atoms. The largest absolute Gasteiger partial charge is 0.479 e. The van der Waals surface area contributed by atoms with E-state index in [0.29, 0.717) is 46.8 Å². The van der Waals surface area contributed by atoms with Crippen LogP contribution in [0.5, 0.6) is 5.88 Å². The van der Waals surface area contributed by atoms with Crippen LogP contribution >= 0.6 is 23.7 Å². The fourth-order valence-corrected chi connectivity index (χ4v) is 3.74. The summed E-state index contributed by atoms with van der Waals surface area (Å²) in [6, 6.07) is 3.49. The molecule has 0 atom stereocenters. The minimum absolute atomic E-state index is 0.0605. The molecule has 0 aliphatic carbocycles. The van der Waals surface area contributed by atoms with Crippen LogP contribution in [0.2, 0.25) is 5.02 Å². The van der Waals surface area contributed by atoms with Crippen LogP contribution < -0.4 is 24.6 Å². The fourth-order valence-electron chi connectivity index (χ4n) is 3.02. The molecule has 0 bridgehead atoms. The van der Waals surface area contributed by atoms with Crippen LogP contribution in [-0.2, 0) is 4.79 Å². The molecular weight excluding hydrogens is 516 g/mol. The number of pyridine rings is 1. The Morgan fingerprint density at radius 3 is 2.75 bits per heavy atom. The molecule has 3 aromatic rings. The number of ether oxygens (including phenoxy) is 1. The number of carbonyl (C=O) groups excluding carboxylic acids is 1. The van der Waals surface area contributed by atoms with Gasteiger partial charge in [0.1, 0.15) is 17.3 Å². The van der Waals surface area contributed by atoms with Gasteiger partial charge in [0.2, 0.25) is 11.8 Å². The molecule has 190 valence electrons. The lowest BCUT2D eigenvalue weighted by molar-refractivity contribution is -0.103. The summed E-state index contributed by atoms with van der Waals surface area (Å²) in [6.07, 6.45) is 4.35. The Morgan fingerprint density at radius 2 is 2.08 bits per heavy atom. The number of allylic oxidation sites excluding steroid dienone is 1. The van der Waals surface area contributed by atoms with Crippen LogP contribution in [0, 0.1) is 11.6 Å². The lowest BCUT2D eigenvalue weighted by Gasteiger charge is -2.18. The van der Waals surface area contributed by atoms with Crippen molar-refractivity contribution in [2.75, 3.05) is 40.5 Å². The Labute approximate surface area is 215 Å². The molecule has 0 spiro atoms. The fraction of sp³-hybridized carbons (Fsp3) is 0.182. The third-order valence-corrected chi connectivity index (χ3v) is 5.53. The first-order valence-corrected chi connectivity index (χ1v) is 11.5. The number of aromatic nitrogens is 3. The predicted molar refractivity (Wildman–Crippen MR) is 137 cm³/mol. The number of aldehydes is 1. The second-order valence-corrected chi connectivity index (χ2v) is 8.10. The molecule has 0 aliphatic rings. The van der Waals surface area contributed by atoms with Gasteiger partial charge in [-0.1, -0.05) is 11.6 Å². The Hall–Kier alpha value is -3.68. The molecule has 4 N–H and O–H groups in total. The molecule has 2 aromatic heterocycles. The quantitative estimate of drug-likeness (QED) is 0.115. The van der Waals surface area contributed by atoms with Gasteiger partial charge in [0.25, 0.3) is 0 Å². The molecule has 0 aliphatic heterocycles. The summed E-state index contributed by atoms with van der Waals surface area (Å²) in [5.74, 6) is -1.25. The summed E-state index contributed by atoms with van der Waals surface area (Å²) in [5, 5.41) is 16.4. The highest BCUT2D eigenvalue weighted by atomic mass is 35.5. The third kappa shape index (κ3) is 6.11. The monoisotopic (exact) mass is 537 g/mol. The van der Waals surface area contributed by atoms with Crippen LogP contribution in [0.3, 0.4) is 0 Å². The van der Waals surface area contributed by atoms with Crippen molar-refractivity contribution < 1.29 is 23.5 Å². The number of carbonyl (C=O) groups is 1. The van der Waals surface area contributed by atoms with E-state index in [4.69, 9.17) is 16.3 Å². The van der Waals surface area contributed by atoms with Gasteiger partial charge in [-0.15, -0.1) is 0 Å². The van der Waals surface area contributed by atoms with Gasteiger partial charge in [0.15, 0.2) is 12.1 Å². The zero-order chi connectivity index (χ0) is 26.2. The van der Waals surface area contributed by atoms with E-state index in [-0.39, 0.29) is 27.9 Å². The highest BCUT2D eigenvalue weighted by Crippen LogP contribution is 2.34. The number of anilines is 4. The maximum atomic E-state index is 15.4. The number of halogens is 3. The summed E-state index contributed by atoms with van der Waals surface area (Å²) >= 11 is 6.46. The van der Waals surface area contributed by atoms with Crippen molar-refractivity contribution in [3.8, 4) is 5.88 Å². The van der Waals surface area contributed by atoms with Crippen LogP contribution in [0.4, 0.5) is 31.9 Å². The average Bonchev–Trinajstić information content (AvgIpc) is 2.88. The second kappa shape index (κ2) is 12.3. The van der Waals surface area contributed by atoms with E-state index in [2.05, 4.69) is 30.3 Å². The van der Waals surface area contributed by atoms with E-state index >= 15 is 4.39 Å². The summed E-state index contributed by atoms with van der Waals surface area (Å²) in [7, 11) is 2.97. The van der Waals surface area contributed by atoms with E-state index in [1.807, 2.05) is 6.92 Å². The van der Waals surface area contributed by atoms with E-state index in [1.165, 1.54) is 31.6 Å². The minimum atomic E-state index is -1.05. The van der Waals surface area contributed by atoms with Crippen LogP contribution in [0.15, 0.2) is 30.6 Å². The normalized spacial score (nSPS) is 11.1. The Kier molecular flexibility index (Phi) is 9.22. The predicted octanol–water partition coefficient (Wildman–Crippen LogP) is 4.90. The Morgan fingerprint density at radius 1 is 1.31 bits per heavy atom. The van der Waals surface area contributed by atoms with Crippen LogP contribution in [0.1, 0.15) is 18.1 Å². The highest BCUT2D eigenvalue weighted by molar-refractivity contribution is 8.01. The maximum Gasteiger partial charge on any atom is 0.240 e. The number of nitrogens with one attached hydrogen (secondary N) is 3. The van der Waals surface area contributed by atoms with Crippen molar-refractivity contribution in [1.82, 2.24) is 15.0 Å². The topological polar surface area (TPSA) is 125 Å². The van der Waals surface area contributed by atoms with Crippen molar-refractivity contribution >= 4 is 64.8 Å². The molecule has 0 saturated heterocycles. The molecule has 0 fully saturated rings. The molecular formula is C22H22ClF2N7O3S. The van der Waals surface area contributed by atoms with E-state index in [1.54, 1.807) is 7.05 Å². The van der Waals surface area contributed by atoms with Gasteiger partial charge in [-0.3, -0.25) is 10.0 Å². The molecule has 1 aromatic carbocycles. The molecule has 10 nitrogen and oxygen atoms in total. The summed E-state index contributed by atoms with van der Waals surface area (Å²) in [6.45, 7) is 2.47. The lowest BCUT2D eigenvalue weighted by Crippen LogP contribution is -2.13. The zero-order valence-electron chi connectivity index (χ0n) is 19.3. The van der Waals surface area contributed by atoms with Gasteiger partial charge in [0.05, 0.1) is 35.5 Å². The molecule has 2 heterocycles. The van der Waals surface area contributed by atoms with E-state index in [0.717, 1.165) is 12.1 Å². The number of methoxy groups -OCH3 is 1. The molecule has 0 saturated carbocycles. The zero-order valence-corrected chi connectivity index (χ0v) is 20.9. The van der Waals surface area contributed by atoms with Crippen LogP contribution in [0.25, 0.3) is 11.6 Å². The number of hydrogen-bond donors (Lipinski definition) is 4. The maximum absolute atomic E-state index is 15.4. The Balaban J connectivity index is 1.92. The first-order valence-electron chi connectivity index (χ1n) is 10.4. The summed E-state index contributed by atoms with van der Waals surface area (Å²) in [4.78, 5) is 24.2. The molecule has 3 rings (SSSR count). The standard InChI is InChI=1S/C22H22ClF2N7O3S/c1-4-27-22-29-9-12(20(26-2)30-22)7-13(11-33)18-15(24)5-6-16(19(18)25)31-36-32(34)17-8-14(23)10-28-21(17)35-3/h5-11,31,34H,4H2,1-3H3,(H2,26,27,29,30)/b13-7+. The van der Waals surface area contributed by atoms with E-state index < -0.39 is 17.2 Å². The van der Waals surface area contributed by atoms with Gasteiger partial charge in [-0.2, -0.15) is 9.45 Å². The molecule has 0 radical (unpaired) electrons. The summed E-state index contributed by atoms with van der Waals surface area (Å²) < 4.78 is 38.3. The van der Waals surface area contributed by atoms with Crippen molar-refractivity contribution in [3.63, 3.8) is 0 Å². The average molecular weight is 538 g/mol. The SMILES string of the molecule is CCNc1ncc(/C=C(\C=O)c2c(F)ccc(NSN(O)c3cc(Cl)cnc3OC)c2F)c(NC)n1. The lowest BCUT2D eigenvalue weighted by atomic mass is 10.0. The van der Waals surface area contributed by atoms with Crippen molar-refractivity contribution in [2.45, 2.75) is 6.92 Å². The summed E-state index contributed by atoms with van der Waals surface area (Å²) in [5.41, 5.74) is -0.629. The smallest absolute Gasteiger partial charge is 0.240 e. The first-order chi connectivity index (χ1) is 17.3. The van der Waals surface area contributed by atoms with Crippen molar-refractivity contribution in [1.29, 1.82) is 0 Å². The van der Waals surface area contributed by atoms with Gasteiger partial charge in [-0.25, -0.2) is 18.7 Å². The Bertz CT molecular complexity index is 1280. The van der Waals surface area contributed by atoms with Crippen molar-refractivity contribution in [2.24, 2.45) is 0 Å². The number of benzene rings is 1. The highest BCUT2D eigenvalue weighted by Gasteiger charge is 2.20.